The van der Waals surface area contributed by atoms with Crippen LogP contribution in [0.15, 0.2) is 18.2 Å². The Balaban J connectivity index is 1.78. The molecule has 1 aliphatic heterocycles. The number of anilines is 1. The fourth-order valence-electron chi connectivity index (χ4n) is 2.73. The summed E-state index contributed by atoms with van der Waals surface area (Å²) in [6.45, 7) is 4.41. The van der Waals surface area contributed by atoms with E-state index in [1.165, 1.54) is 6.92 Å². The van der Waals surface area contributed by atoms with Crippen molar-refractivity contribution in [3.05, 3.63) is 23.2 Å². The largest absolute Gasteiger partial charge is 0.342 e. The lowest BCUT2D eigenvalue weighted by Crippen LogP contribution is -2.37. The van der Waals surface area contributed by atoms with Crippen molar-refractivity contribution in [1.82, 2.24) is 14.9 Å². The van der Waals surface area contributed by atoms with Crippen molar-refractivity contribution in [2.45, 2.75) is 20.3 Å². The van der Waals surface area contributed by atoms with Crippen molar-refractivity contribution in [1.29, 1.82) is 0 Å². The number of hydrogen-bond acceptors (Lipinski definition) is 3. The maximum atomic E-state index is 12.5. The van der Waals surface area contributed by atoms with Crippen molar-refractivity contribution < 1.29 is 9.59 Å². The Kier molecular flexibility index (Phi) is 3.56. The first-order chi connectivity index (χ1) is 10.4. The molecule has 0 aliphatic carbocycles. The molecular weight excluding hydrogens is 304 g/mol. The van der Waals surface area contributed by atoms with Crippen LogP contribution in [0.25, 0.3) is 11.0 Å². The minimum Gasteiger partial charge on any atom is -0.342 e. The zero-order chi connectivity index (χ0) is 15.9. The third-order valence-corrected chi connectivity index (χ3v) is 4.47. The van der Waals surface area contributed by atoms with E-state index in [9.17, 15) is 9.59 Å². The first-order valence-corrected chi connectivity index (χ1v) is 7.48. The number of aromatic amines is 1. The number of fused-ring (bicyclic) bond motifs is 1. The molecule has 1 aliphatic rings. The molecule has 1 fully saturated rings. The summed E-state index contributed by atoms with van der Waals surface area (Å²) in [6.07, 6.45) is 0.638. The van der Waals surface area contributed by atoms with Gasteiger partial charge in [0.1, 0.15) is 5.52 Å². The predicted octanol–water partition coefficient (Wildman–Crippen LogP) is 2.41. The third kappa shape index (κ3) is 2.54. The molecule has 1 atom stereocenters. The van der Waals surface area contributed by atoms with E-state index in [1.807, 2.05) is 19.1 Å². The molecule has 7 heteroatoms. The van der Waals surface area contributed by atoms with Gasteiger partial charge in [-0.15, -0.1) is 0 Å². The molecule has 2 aromatic rings. The molecule has 0 bridgehead atoms. The number of aromatic nitrogens is 2. The number of carbonyl (C=O) groups excluding carboxylic acids is 2. The number of imidazole rings is 1. The van der Waals surface area contributed by atoms with Gasteiger partial charge in [-0.1, -0.05) is 17.7 Å². The molecule has 6 nitrogen and oxygen atoms in total. The van der Waals surface area contributed by atoms with Crippen LogP contribution in [0.1, 0.15) is 20.3 Å². The lowest BCUT2D eigenvalue weighted by Gasteiger charge is -2.22. The molecule has 0 radical (unpaired) electrons. The molecular formula is C15H17ClN4O2. The van der Waals surface area contributed by atoms with Crippen LogP contribution in [0.2, 0.25) is 5.02 Å². The Morgan fingerprint density at radius 1 is 1.45 bits per heavy atom. The second-order valence-electron chi connectivity index (χ2n) is 5.93. The molecule has 0 saturated carbocycles. The Hall–Kier alpha value is -2.08. The Labute approximate surface area is 132 Å². The van der Waals surface area contributed by atoms with Gasteiger partial charge >= 0.3 is 0 Å². The molecule has 1 saturated heterocycles. The Bertz CT molecular complexity index is 757. The van der Waals surface area contributed by atoms with Crippen LogP contribution in [0.5, 0.6) is 0 Å². The lowest BCUT2D eigenvalue weighted by molar-refractivity contribution is -0.129. The van der Waals surface area contributed by atoms with Crippen LogP contribution in [-0.2, 0) is 9.59 Å². The minimum atomic E-state index is -0.603. The SMILES string of the molecule is CC(=O)N1CCC(C)(C(=O)Nc2nc3c(Cl)cccc3[nH]2)C1. The zero-order valence-electron chi connectivity index (χ0n) is 12.4. The minimum absolute atomic E-state index is 0.00737. The molecule has 116 valence electrons. The third-order valence-electron chi connectivity index (χ3n) is 4.16. The fraction of sp³-hybridized carbons (Fsp3) is 0.400. The van der Waals surface area contributed by atoms with Gasteiger partial charge in [-0.05, 0) is 25.5 Å². The van der Waals surface area contributed by atoms with E-state index in [2.05, 4.69) is 15.3 Å². The average Bonchev–Trinajstić information content (AvgIpc) is 3.04. The molecule has 0 spiro atoms. The summed E-state index contributed by atoms with van der Waals surface area (Å²) in [5, 5.41) is 3.33. The monoisotopic (exact) mass is 320 g/mol. The van der Waals surface area contributed by atoms with Crippen LogP contribution in [0, 0.1) is 5.41 Å². The van der Waals surface area contributed by atoms with Crippen molar-refractivity contribution in [2.75, 3.05) is 18.4 Å². The van der Waals surface area contributed by atoms with Gasteiger partial charge in [0.05, 0.1) is 16.0 Å². The Morgan fingerprint density at radius 3 is 2.86 bits per heavy atom. The van der Waals surface area contributed by atoms with Crippen LogP contribution < -0.4 is 5.32 Å². The second-order valence-corrected chi connectivity index (χ2v) is 6.33. The number of hydrogen-bond donors (Lipinski definition) is 2. The maximum Gasteiger partial charge on any atom is 0.234 e. The molecule has 1 aromatic carbocycles. The van der Waals surface area contributed by atoms with Crippen molar-refractivity contribution >= 4 is 40.4 Å². The number of rotatable bonds is 2. The van der Waals surface area contributed by atoms with E-state index in [1.54, 1.807) is 11.0 Å². The molecule has 1 unspecified atom stereocenters. The highest BCUT2D eigenvalue weighted by Crippen LogP contribution is 2.31. The summed E-state index contributed by atoms with van der Waals surface area (Å²) in [5.74, 6) is 0.217. The number of nitrogens with zero attached hydrogens (tertiary/aromatic N) is 2. The lowest BCUT2D eigenvalue weighted by atomic mass is 9.89. The van der Waals surface area contributed by atoms with Crippen LogP contribution in [0.3, 0.4) is 0 Å². The highest BCUT2D eigenvalue weighted by Gasteiger charge is 2.41. The Morgan fingerprint density at radius 2 is 2.23 bits per heavy atom. The van der Waals surface area contributed by atoms with E-state index >= 15 is 0 Å². The van der Waals surface area contributed by atoms with Gasteiger partial charge in [0.2, 0.25) is 17.8 Å². The fourth-order valence-corrected chi connectivity index (χ4v) is 2.95. The normalized spacial score (nSPS) is 21.3. The molecule has 22 heavy (non-hydrogen) atoms. The molecule has 1 aromatic heterocycles. The smallest absolute Gasteiger partial charge is 0.234 e. The maximum absolute atomic E-state index is 12.5. The summed E-state index contributed by atoms with van der Waals surface area (Å²) in [4.78, 5) is 33.0. The van der Waals surface area contributed by atoms with Gasteiger partial charge < -0.3 is 9.88 Å². The van der Waals surface area contributed by atoms with E-state index in [0.29, 0.717) is 36.0 Å². The summed E-state index contributed by atoms with van der Waals surface area (Å²) >= 11 is 6.08. The number of nitrogens with one attached hydrogen (secondary N) is 2. The number of amides is 2. The molecule has 2 amide bonds. The van der Waals surface area contributed by atoms with Crippen LogP contribution >= 0.6 is 11.6 Å². The van der Waals surface area contributed by atoms with Gasteiger partial charge in [0.15, 0.2) is 0 Å². The highest BCUT2D eigenvalue weighted by molar-refractivity contribution is 6.35. The van der Waals surface area contributed by atoms with Crippen molar-refractivity contribution in [3.8, 4) is 0 Å². The quantitative estimate of drug-likeness (QED) is 0.892. The summed E-state index contributed by atoms with van der Waals surface area (Å²) < 4.78 is 0. The average molecular weight is 321 g/mol. The van der Waals surface area contributed by atoms with Crippen LogP contribution in [0.4, 0.5) is 5.95 Å². The second kappa shape index (κ2) is 5.28. The molecule has 3 rings (SSSR count). The van der Waals surface area contributed by atoms with Crippen molar-refractivity contribution in [3.63, 3.8) is 0 Å². The van der Waals surface area contributed by atoms with Gasteiger partial charge in [-0.2, -0.15) is 0 Å². The molecule has 2 heterocycles. The van der Waals surface area contributed by atoms with Crippen LogP contribution in [-0.4, -0.2) is 39.8 Å². The number of benzene rings is 1. The summed E-state index contributed by atoms with van der Waals surface area (Å²) in [6, 6.07) is 5.41. The number of carbonyl (C=O) groups is 2. The standard InChI is InChI=1S/C15H17ClN4O2/c1-9(21)20-7-6-15(2,8-20)13(22)19-14-17-11-5-3-4-10(16)12(11)18-14/h3-5H,6-8H2,1-2H3,(H2,17,18,19,22). The molecule has 2 N–H and O–H groups in total. The number of likely N-dealkylation sites (tertiary alicyclic amines) is 1. The van der Waals surface area contributed by atoms with E-state index in [-0.39, 0.29) is 11.8 Å². The zero-order valence-corrected chi connectivity index (χ0v) is 13.2. The van der Waals surface area contributed by atoms with E-state index in [4.69, 9.17) is 11.6 Å². The van der Waals surface area contributed by atoms with Gasteiger partial charge in [-0.25, -0.2) is 4.98 Å². The van der Waals surface area contributed by atoms with E-state index in [0.717, 1.165) is 5.52 Å². The van der Waals surface area contributed by atoms with Gasteiger partial charge in [0.25, 0.3) is 0 Å². The number of halogens is 1. The first-order valence-electron chi connectivity index (χ1n) is 7.10. The first kappa shape index (κ1) is 14.8. The summed E-state index contributed by atoms with van der Waals surface area (Å²) in [5.41, 5.74) is 0.792. The highest BCUT2D eigenvalue weighted by atomic mass is 35.5. The number of H-pyrrole nitrogens is 1. The van der Waals surface area contributed by atoms with E-state index < -0.39 is 5.41 Å². The number of para-hydroxylation sites is 1. The summed E-state index contributed by atoms with van der Waals surface area (Å²) in [7, 11) is 0. The van der Waals surface area contributed by atoms with Crippen molar-refractivity contribution in [2.24, 2.45) is 5.41 Å². The topological polar surface area (TPSA) is 78.1 Å². The van der Waals surface area contributed by atoms with Gasteiger partial charge in [0, 0.05) is 20.0 Å². The predicted molar refractivity (Wildman–Crippen MR) is 84.7 cm³/mol. The van der Waals surface area contributed by atoms with Gasteiger partial charge in [-0.3, -0.25) is 14.9 Å².